The van der Waals surface area contributed by atoms with E-state index in [2.05, 4.69) is 68.9 Å². The molecule has 1 aliphatic rings. The van der Waals surface area contributed by atoms with E-state index < -0.39 is 0 Å². The van der Waals surface area contributed by atoms with E-state index in [0.29, 0.717) is 18.1 Å². The van der Waals surface area contributed by atoms with Gasteiger partial charge in [-0.2, -0.15) is 0 Å². The van der Waals surface area contributed by atoms with E-state index in [9.17, 15) is 4.79 Å². The molecule has 0 saturated heterocycles. The van der Waals surface area contributed by atoms with E-state index in [0.717, 1.165) is 42.0 Å². The van der Waals surface area contributed by atoms with Gasteiger partial charge in [-0.25, -0.2) is 4.79 Å². The number of hydrogen-bond acceptors (Lipinski definition) is 5. The van der Waals surface area contributed by atoms with Crippen LogP contribution in [-0.4, -0.2) is 32.4 Å². The van der Waals surface area contributed by atoms with E-state index in [-0.39, 0.29) is 19.2 Å². The van der Waals surface area contributed by atoms with Crippen LogP contribution in [0, 0.1) is 20.8 Å². The van der Waals surface area contributed by atoms with Crippen LogP contribution in [0.3, 0.4) is 0 Å². The second kappa shape index (κ2) is 13.5. The lowest BCUT2D eigenvalue weighted by molar-refractivity contribution is 0.0450. The Hall–Kier alpha value is -4.38. The van der Waals surface area contributed by atoms with Crippen LogP contribution < -0.4 is 9.47 Å². The SMILES string of the molecule is C=NCCC1CCc2cc(OCc3cccc(-c4c(C)cc(OCCOC(=O)c5ccccc5)cc4C)c3C)ccc21. The van der Waals surface area contributed by atoms with Crippen LogP contribution in [0.5, 0.6) is 11.5 Å². The fraction of sp³-hybridized carbons (Fsp3) is 0.297. The summed E-state index contributed by atoms with van der Waals surface area (Å²) in [6, 6.07) is 26.1. The van der Waals surface area contributed by atoms with Crippen molar-refractivity contribution >= 4 is 12.7 Å². The molecule has 4 aromatic carbocycles. The Bertz CT molecular complexity index is 1540. The molecule has 1 aliphatic carbocycles. The fourth-order valence-electron chi connectivity index (χ4n) is 5.97. The quantitative estimate of drug-likeness (QED) is 0.0993. The highest BCUT2D eigenvalue weighted by Gasteiger charge is 2.22. The highest BCUT2D eigenvalue weighted by molar-refractivity contribution is 5.89. The number of hydrogen-bond donors (Lipinski definition) is 0. The monoisotopic (exact) mass is 561 g/mol. The molecule has 0 aromatic heterocycles. The number of aliphatic imine (C=N–C) groups is 1. The summed E-state index contributed by atoms with van der Waals surface area (Å²) in [6.07, 6.45) is 3.35. The zero-order valence-electron chi connectivity index (χ0n) is 24.8. The number of carbonyl (C=O) groups is 1. The number of nitrogens with zero attached hydrogens (tertiary/aromatic N) is 1. The van der Waals surface area contributed by atoms with E-state index in [1.807, 2.05) is 30.3 Å². The summed E-state index contributed by atoms with van der Waals surface area (Å²) >= 11 is 0. The molecular formula is C37H39NO4. The smallest absolute Gasteiger partial charge is 0.338 e. The van der Waals surface area contributed by atoms with Crippen molar-refractivity contribution in [1.29, 1.82) is 0 Å². The van der Waals surface area contributed by atoms with Crippen molar-refractivity contribution < 1.29 is 19.0 Å². The highest BCUT2D eigenvalue weighted by Crippen LogP contribution is 2.38. The number of ether oxygens (including phenoxy) is 3. The van der Waals surface area contributed by atoms with Crippen LogP contribution >= 0.6 is 0 Å². The van der Waals surface area contributed by atoms with E-state index in [1.54, 1.807) is 12.1 Å². The number of fused-ring (bicyclic) bond motifs is 1. The van der Waals surface area contributed by atoms with Crippen molar-refractivity contribution in [2.45, 2.75) is 52.6 Å². The first-order chi connectivity index (χ1) is 20.4. The van der Waals surface area contributed by atoms with Crippen molar-refractivity contribution in [3.8, 4) is 22.6 Å². The van der Waals surface area contributed by atoms with E-state index in [1.165, 1.54) is 39.8 Å². The molecule has 0 bridgehead atoms. The Morgan fingerprint density at radius 2 is 1.67 bits per heavy atom. The average Bonchev–Trinajstić information content (AvgIpc) is 3.40. The van der Waals surface area contributed by atoms with Gasteiger partial charge in [0.15, 0.2) is 0 Å². The number of esters is 1. The molecule has 0 spiro atoms. The minimum Gasteiger partial charge on any atom is -0.490 e. The summed E-state index contributed by atoms with van der Waals surface area (Å²) in [5, 5.41) is 0. The molecule has 0 heterocycles. The predicted octanol–water partition coefficient (Wildman–Crippen LogP) is 8.21. The van der Waals surface area contributed by atoms with Gasteiger partial charge in [-0.15, -0.1) is 0 Å². The number of benzene rings is 4. The molecule has 0 aliphatic heterocycles. The van der Waals surface area contributed by atoms with Gasteiger partial charge in [0.1, 0.15) is 31.3 Å². The Balaban J connectivity index is 1.22. The van der Waals surface area contributed by atoms with Crippen molar-refractivity contribution in [1.82, 2.24) is 0 Å². The topological polar surface area (TPSA) is 57.1 Å². The summed E-state index contributed by atoms with van der Waals surface area (Å²) in [4.78, 5) is 16.2. The fourth-order valence-corrected chi connectivity index (χ4v) is 5.97. The van der Waals surface area contributed by atoms with Gasteiger partial charge in [-0.05, 0) is 134 Å². The third kappa shape index (κ3) is 6.73. The Morgan fingerprint density at radius 1 is 0.881 bits per heavy atom. The largest absolute Gasteiger partial charge is 0.490 e. The van der Waals surface area contributed by atoms with Gasteiger partial charge in [0.05, 0.1) is 5.56 Å². The molecule has 0 fully saturated rings. The van der Waals surface area contributed by atoms with Gasteiger partial charge < -0.3 is 19.2 Å². The van der Waals surface area contributed by atoms with Crippen LogP contribution in [0.25, 0.3) is 11.1 Å². The number of aryl methyl sites for hydroxylation is 3. The van der Waals surface area contributed by atoms with Crippen LogP contribution in [0.15, 0.2) is 83.9 Å². The molecule has 1 atom stereocenters. The summed E-state index contributed by atoms with van der Waals surface area (Å²) in [5.41, 5.74) is 10.4. The maximum atomic E-state index is 12.1. The Kier molecular flexibility index (Phi) is 9.38. The van der Waals surface area contributed by atoms with Gasteiger partial charge in [0.2, 0.25) is 0 Å². The molecule has 5 rings (SSSR count). The minimum atomic E-state index is -0.344. The molecule has 216 valence electrons. The van der Waals surface area contributed by atoms with Gasteiger partial charge in [-0.1, -0.05) is 42.5 Å². The highest BCUT2D eigenvalue weighted by atomic mass is 16.6. The first kappa shape index (κ1) is 29.1. The van der Waals surface area contributed by atoms with Crippen molar-refractivity contribution in [3.63, 3.8) is 0 Å². The summed E-state index contributed by atoms with van der Waals surface area (Å²) < 4.78 is 17.6. The van der Waals surface area contributed by atoms with Crippen LogP contribution in [0.1, 0.15) is 62.5 Å². The number of rotatable bonds is 12. The zero-order chi connectivity index (χ0) is 29.5. The predicted molar refractivity (Wildman–Crippen MR) is 169 cm³/mol. The molecule has 5 heteroatoms. The molecule has 0 N–H and O–H groups in total. The summed E-state index contributed by atoms with van der Waals surface area (Å²) in [5.74, 6) is 1.92. The van der Waals surface area contributed by atoms with Crippen LogP contribution in [0.4, 0.5) is 0 Å². The molecule has 42 heavy (non-hydrogen) atoms. The van der Waals surface area contributed by atoms with Gasteiger partial charge in [0.25, 0.3) is 0 Å². The lowest BCUT2D eigenvalue weighted by Gasteiger charge is -2.18. The molecule has 0 radical (unpaired) electrons. The van der Waals surface area contributed by atoms with E-state index >= 15 is 0 Å². The molecule has 0 saturated carbocycles. The second-order valence-electron chi connectivity index (χ2n) is 11.0. The zero-order valence-corrected chi connectivity index (χ0v) is 24.8. The third-order valence-corrected chi connectivity index (χ3v) is 8.16. The first-order valence-electron chi connectivity index (χ1n) is 14.7. The lowest BCUT2D eigenvalue weighted by Crippen LogP contribution is -2.12. The molecular weight excluding hydrogens is 522 g/mol. The maximum absolute atomic E-state index is 12.1. The molecule has 4 aromatic rings. The van der Waals surface area contributed by atoms with Gasteiger partial charge >= 0.3 is 5.97 Å². The van der Waals surface area contributed by atoms with Gasteiger partial charge in [0, 0.05) is 6.54 Å². The second-order valence-corrected chi connectivity index (χ2v) is 11.0. The maximum Gasteiger partial charge on any atom is 0.338 e. The standard InChI is InChI=1S/C37H39NO4/c1-25-21-33(40-19-20-41-37(39)29-9-6-5-7-10-29)22-26(2)36(25)34-12-8-11-31(27(34)3)24-42-32-15-16-35-28(17-18-38-4)13-14-30(35)23-32/h5-12,15-16,21-23,28H,4,13-14,17-20,24H2,1-3H3. The van der Waals surface area contributed by atoms with Crippen molar-refractivity contribution in [2.24, 2.45) is 4.99 Å². The van der Waals surface area contributed by atoms with Crippen LogP contribution in [-0.2, 0) is 17.8 Å². The Labute approximate surface area is 249 Å². The normalized spacial score (nSPS) is 13.8. The van der Waals surface area contributed by atoms with E-state index in [4.69, 9.17) is 14.2 Å². The summed E-state index contributed by atoms with van der Waals surface area (Å²) in [7, 11) is 0. The van der Waals surface area contributed by atoms with Crippen LogP contribution in [0.2, 0.25) is 0 Å². The Morgan fingerprint density at radius 3 is 2.43 bits per heavy atom. The lowest BCUT2D eigenvalue weighted by atomic mass is 9.90. The number of carbonyl (C=O) groups excluding carboxylic acids is 1. The third-order valence-electron chi connectivity index (χ3n) is 8.16. The average molecular weight is 562 g/mol. The van der Waals surface area contributed by atoms with Crippen molar-refractivity contribution in [2.75, 3.05) is 19.8 Å². The molecule has 1 unspecified atom stereocenters. The molecule has 5 nitrogen and oxygen atoms in total. The molecule has 0 amide bonds. The van der Waals surface area contributed by atoms with Crippen molar-refractivity contribution in [3.05, 3.63) is 118 Å². The first-order valence-corrected chi connectivity index (χ1v) is 14.7. The minimum absolute atomic E-state index is 0.187. The van der Waals surface area contributed by atoms with Gasteiger partial charge in [-0.3, -0.25) is 0 Å². The summed E-state index contributed by atoms with van der Waals surface area (Å²) in [6.45, 7) is 11.8.